The van der Waals surface area contributed by atoms with Crippen molar-refractivity contribution in [1.29, 1.82) is 0 Å². The number of anilines is 3. The first-order valence-corrected chi connectivity index (χ1v) is 8.50. The lowest BCUT2D eigenvalue weighted by Gasteiger charge is -2.08. The van der Waals surface area contributed by atoms with Crippen molar-refractivity contribution >= 4 is 33.2 Å². The van der Waals surface area contributed by atoms with Gasteiger partial charge in [-0.15, -0.1) is 0 Å². The minimum atomic E-state index is -3.31. The Balaban J connectivity index is 2.05. The maximum Gasteiger partial charge on any atom is 0.337 e. The first-order chi connectivity index (χ1) is 10.9. The number of carbonyl (C=O) groups is 1. The van der Waals surface area contributed by atoms with E-state index in [9.17, 15) is 13.2 Å². The Hall–Kier alpha value is -2.61. The number of pyridine rings is 1. The van der Waals surface area contributed by atoms with Crippen molar-refractivity contribution < 1.29 is 17.9 Å². The van der Waals surface area contributed by atoms with Crippen LogP contribution in [0.15, 0.2) is 42.6 Å². The molecule has 8 heteroatoms. The average Bonchev–Trinajstić information content (AvgIpc) is 2.56. The summed E-state index contributed by atoms with van der Waals surface area (Å²) in [5, 5.41) is 3.05. The molecule has 122 valence electrons. The molecule has 0 saturated carbocycles. The molecule has 0 aliphatic heterocycles. The highest BCUT2D eigenvalue weighted by atomic mass is 32.2. The quantitative estimate of drug-likeness (QED) is 0.787. The largest absolute Gasteiger partial charge is 0.465 e. The van der Waals surface area contributed by atoms with Gasteiger partial charge in [0.1, 0.15) is 5.82 Å². The van der Waals surface area contributed by atoms with Crippen molar-refractivity contribution in [2.75, 3.05) is 22.9 Å². The number of hydrogen-bond donors (Lipinski definition) is 2. The molecular weight excluding hydrogens is 318 g/mol. The number of nitrogens with zero attached hydrogens (tertiary/aromatic N) is 1. The van der Waals surface area contributed by atoms with E-state index in [0.29, 0.717) is 17.1 Å². The first-order valence-electron chi connectivity index (χ1n) is 6.85. The maximum absolute atomic E-state index is 11.5. The summed E-state index contributed by atoms with van der Waals surface area (Å²) < 4.78 is 30.0. The second-order valence-electron chi connectivity index (χ2n) is 4.63. The second-order valence-corrected chi connectivity index (χ2v) is 6.64. The van der Waals surface area contributed by atoms with Gasteiger partial charge >= 0.3 is 5.97 Å². The monoisotopic (exact) mass is 335 g/mol. The van der Waals surface area contributed by atoms with Gasteiger partial charge in [0.2, 0.25) is 10.0 Å². The van der Waals surface area contributed by atoms with Gasteiger partial charge in [0.15, 0.2) is 0 Å². The molecule has 7 nitrogen and oxygen atoms in total. The van der Waals surface area contributed by atoms with Crippen molar-refractivity contribution in [1.82, 2.24) is 4.98 Å². The van der Waals surface area contributed by atoms with Crippen LogP contribution in [0.4, 0.5) is 17.2 Å². The molecule has 0 amide bonds. The fourth-order valence-corrected chi connectivity index (χ4v) is 2.36. The molecule has 0 unspecified atom stereocenters. The van der Waals surface area contributed by atoms with Crippen LogP contribution in [0.3, 0.4) is 0 Å². The summed E-state index contributed by atoms with van der Waals surface area (Å²) in [5.41, 5.74) is 1.60. The van der Waals surface area contributed by atoms with Crippen LogP contribution >= 0.6 is 0 Å². The fraction of sp³-hybridized carbons (Fsp3) is 0.200. The summed E-state index contributed by atoms with van der Waals surface area (Å²) >= 11 is 0. The second kappa shape index (κ2) is 7.10. The minimum Gasteiger partial charge on any atom is -0.465 e. The standard InChI is InChI=1S/C15H17N3O4S/c1-3-23(20,21)18-13-8-9-14(16-10-13)17-12-6-4-11(5-7-12)15(19)22-2/h4-10,18H,3H2,1-2H3,(H,16,17). The van der Waals surface area contributed by atoms with Gasteiger partial charge in [-0.25, -0.2) is 18.2 Å². The van der Waals surface area contributed by atoms with Gasteiger partial charge in [0.25, 0.3) is 0 Å². The number of methoxy groups -OCH3 is 1. The lowest BCUT2D eigenvalue weighted by molar-refractivity contribution is 0.0601. The highest BCUT2D eigenvalue weighted by Crippen LogP contribution is 2.17. The topological polar surface area (TPSA) is 97.4 Å². The third kappa shape index (κ3) is 4.68. The van der Waals surface area contributed by atoms with E-state index in [4.69, 9.17) is 0 Å². The van der Waals surface area contributed by atoms with Crippen LogP contribution in [0.5, 0.6) is 0 Å². The van der Waals surface area contributed by atoms with Crippen molar-refractivity contribution in [3.63, 3.8) is 0 Å². The molecule has 2 rings (SSSR count). The number of carbonyl (C=O) groups excluding carboxylic acids is 1. The van der Waals surface area contributed by atoms with Gasteiger partial charge in [0.05, 0.1) is 30.3 Å². The summed E-state index contributed by atoms with van der Waals surface area (Å²) in [6, 6.07) is 9.99. The number of rotatable bonds is 6. The van der Waals surface area contributed by atoms with E-state index in [2.05, 4.69) is 19.8 Å². The average molecular weight is 335 g/mol. The third-order valence-electron chi connectivity index (χ3n) is 3.00. The summed E-state index contributed by atoms with van der Waals surface area (Å²) in [6.45, 7) is 1.56. The van der Waals surface area contributed by atoms with Crippen LogP contribution in [0.25, 0.3) is 0 Å². The smallest absolute Gasteiger partial charge is 0.337 e. The van der Waals surface area contributed by atoms with Gasteiger partial charge < -0.3 is 10.1 Å². The van der Waals surface area contributed by atoms with Gasteiger partial charge in [-0.3, -0.25) is 4.72 Å². The van der Waals surface area contributed by atoms with Crippen molar-refractivity contribution in [2.45, 2.75) is 6.92 Å². The number of nitrogens with one attached hydrogen (secondary N) is 2. The Kier molecular flexibility index (Phi) is 5.17. The zero-order valence-corrected chi connectivity index (χ0v) is 13.6. The molecule has 0 aliphatic rings. The molecule has 0 aliphatic carbocycles. The Labute approximate surface area is 134 Å². The van der Waals surface area contributed by atoms with E-state index in [1.54, 1.807) is 43.3 Å². The Morgan fingerprint density at radius 2 is 1.78 bits per heavy atom. The predicted octanol–water partition coefficient (Wildman–Crippen LogP) is 2.37. The number of hydrogen-bond acceptors (Lipinski definition) is 6. The Bertz CT molecular complexity index is 771. The van der Waals surface area contributed by atoms with E-state index in [1.807, 2.05) is 0 Å². The van der Waals surface area contributed by atoms with Crippen LogP contribution in [0.2, 0.25) is 0 Å². The normalized spacial score (nSPS) is 10.9. The molecule has 0 radical (unpaired) electrons. The molecule has 0 spiro atoms. The number of benzene rings is 1. The Morgan fingerprint density at radius 1 is 1.13 bits per heavy atom. The molecule has 0 bridgehead atoms. The number of sulfonamides is 1. The highest BCUT2D eigenvalue weighted by molar-refractivity contribution is 7.92. The van der Waals surface area contributed by atoms with Crippen LogP contribution in [-0.4, -0.2) is 32.2 Å². The van der Waals surface area contributed by atoms with Gasteiger partial charge in [-0.2, -0.15) is 0 Å². The van der Waals surface area contributed by atoms with Crippen LogP contribution in [0.1, 0.15) is 17.3 Å². The summed E-state index contributed by atoms with van der Waals surface area (Å²) in [4.78, 5) is 15.5. The fourth-order valence-electron chi connectivity index (χ4n) is 1.74. The highest BCUT2D eigenvalue weighted by Gasteiger charge is 2.07. The van der Waals surface area contributed by atoms with E-state index in [1.165, 1.54) is 13.3 Å². The lowest BCUT2D eigenvalue weighted by atomic mass is 10.2. The zero-order valence-electron chi connectivity index (χ0n) is 12.7. The van der Waals surface area contributed by atoms with Crippen molar-refractivity contribution in [3.8, 4) is 0 Å². The van der Waals surface area contributed by atoms with E-state index in [-0.39, 0.29) is 5.75 Å². The molecule has 0 saturated heterocycles. The molecule has 1 aromatic heterocycles. The molecule has 2 aromatic rings. The van der Waals surface area contributed by atoms with Crippen molar-refractivity contribution in [3.05, 3.63) is 48.2 Å². The van der Waals surface area contributed by atoms with Gasteiger partial charge in [0, 0.05) is 5.69 Å². The minimum absolute atomic E-state index is 0.000452. The lowest BCUT2D eigenvalue weighted by Crippen LogP contribution is -2.14. The molecule has 0 fully saturated rings. The van der Waals surface area contributed by atoms with E-state index < -0.39 is 16.0 Å². The zero-order chi connectivity index (χ0) is 16.9. The maximum atomic E-state index is 11.5. The summed E-state index contributed by atoms with van der Waals surface area (Å²) in [5.74, 6) is 0.150. The number of esters is 1. The van der Waals surface area contributed by atoms with Crippen molar-refractivity contribution in [2.24, 2.45) is 0 Å². The summed E-state index contributed by atoms with van der Waals surface area (Å²) in [6.07, 6.45) is 1.43. The predicted molar refractivity (Wildman–Crippen MR) is 88.4 cm³/mol. The third-order valence-corrected chi connectivity index (χ3v) is 4.30. The van der Waals surface area contributed by atoms with Crippen LogP contribution < -0.4 is 10.0 Å². The molecule has 23 heavy (non-hydrogen) atoms. The Morgan fingerprint density at radius 3 is 2.30 bits per heavy atom. The molecular formula is C15H17N3O4S. The molecule has 1 heterocycles. The van der Waals surface area contributed by atoms with E-state index >= 15 is 0 Å². The van der Waals surface area contributed by atoms with Crippen LogP contribution in [-0.2, 0) is 14.8 Å². The first kappa shape index (κ1) is 16.8. The molecule has 2 N–H and O–H groups in total. The number of aromatic nitrogens is 1. The SMILES string of the molecule is CCS(=O)(=O)Nc1ccc(Nc2ccc(C(=O)OC)cc2)nc1. The number of ether oxygens (including phenoxy) is 1. The molecule has 1 aromatic carbocycles. The van der Waals surface area contributed by atoms with Gasteiger partial charge in [-0.1, -0.05) is 0 Å². The van der Waals surface area contributed by atoms with Crippen LogP contribution in [0, 0.1) is 0 Å². The summed E-state index contributed by atoms with van der Waals surface area (Å²) in [7, 11) is -1.99. The molecule has 0 atom stereocenters. The van der Waals surface area contributed by atoms with Gasteiger partial charge in [-0.05, 0) is 43.3 Å². The van der Waals surface area contributed by atoms with E-state index in [0.717, 1.165) is 5.69 Å².